The predicted octanol–water partition coefficient (Wildman–Crippen LogP) is 3.95. The molecule has 0 unspecified atom stereocenters. The van der Waals surface area contributed by atoms with E-state index in [4.69, 9.17) is 0 Å². The molecule has 8 heteroatoms. The van der Waals surface area contributed by atoms with Gasteiger partial charge in [0.25, 0.3) is 10.0 Å². The van der Waals surface area contributed by atoms with E-state index >= 15 is 0 Å². The van der Waals surface area contributed by atoms with E-state index < -0.39 is 10.0 Å². The van der Waals surface area contributed by atoms with Gasteiger partial charge in [-0.25, -0.2) is 8.42 Å². The van der Waals surface area contributed by atoms with E-state index in [-0.39, 0.29) is 9.77 Å². The van der Waals surface area contributed by atoms with Gasteiger partial charge in [-0.05, 0) is 55.8 Å². The van der Waals surface area contributed by atoms with Gasteiger partial charge in [0.05, 0.1) is 20.8 Å². The monoisotopic (exact) mass is 426 g/mol. The molecule has 0 aliphatic rings. The Morgan fingerprint density at radius 2 is 1.96 bits per heavy atom. The highest BCUT2D eigenvalue weighted by molar-refractivity contribution is 9.10. The summed E-state index contributed by atoms with van der Waals surface area (Å²) in [7, 11) is -3.69. The van der Waals surface area contributed by atoms with Gasteiger partial charge in [0.1, 0.15) is 0 Å². The van der Waals surface area contributed by atoms with Gasteiger partial charge >= 0.3 is 4.87 Å². The van der Waals surface area contributed by atoms with Crippen molar-refractivity contribution >= 4 is 53.2 Å². The average molecular weight is 427 g/mol. The van der Waals surface area contributed by atoms with Crippen LogP contribution in [0.5, 0.6) is 0 Å². The van der Waals surface area contributed by atoms with E-state index in [0.717, 1.165) is 26.0 Å². The third kappa shape index (κ3) is 3.13. The number of nitrogens with one attached hydrogen (secondary N) is 1. The zero-order chi connectivity index (χ0) is 17.5. The molecule has 3 rings (SSSR count). The number of thiazole rings is 1. The zero-order valence-corrected chi connectivity index (χ0v) is 16.3. The van der Waals surface area contributed by atoms with Gasteiger partial charge < -0.3 is 0 Å². The van der Waals surface area contributed by atoms with Gasteiger partial charge in [-0.3, -0.25) is 14.1 Å². The first-order valence-electron chi connectivity index (χ1n) is 7.24. The number of aryl methyl sites for hydroxylation is 2. The smallest absolute Gasteiger partial charge is 0.299 e. The number of fused-ring (bicyclic) bond motifs is 1. The minimum absolute atomic E-state index is 0.0451. The average Bonchev–Trinajstić information content (AvgIpc) is 2.80. The Labute approximate surface area is 152 Å². The highest BCUT2D eigenvalue weighted by Crippen LogP contribution is 2.26. The standard InChI is InChI=1S/C16H15BrN2O3S2/c1-3-19-13-6-5-12(9-14(13)23-16(19)20)18-24(21,22)15-7-4-11(17)8-10(15)2/h4-9,18H,3H2,1-2H3. The summed E-state index contributed by atoms with van der Waals surface area (Å²) in [6.07, 6.45) is 0. The summed E-state index contributed by atoms with van der Waals surface area (Å²) in [6.45, 7) is 4.23. The summed E-state index contributed by atoms with van der Waals surface area (Å²) in [5, 5.41) is 0. The van der Waals surface area contributed by atoms with Crippen molar-refractivity contribution in [3.05, 3.63) is 56.1 Å². The summed E-state index contributed by atoms with van der Waals surface area (Å²) in [5.74, 6) is 0. The molecule has 0 aliphatic heterocycles. The molecule has 2 aromatic carbocycles. The number of rotatable bonds is 4. The quantitative estimate of drug-likeness (QED) is 0.686. The van der Waals surface area contributed by atoms with Crippen molar-refractivity contribution in [3.63, 3.8) is 0 Å². The molecule has 1 heterocycles. The number of halogens is 1. The molecule has 0 radical (unpaired) electrons. The fourth-order valence-electron chi connectivity index (χ4n) is 2.55. The second-order valence-corrected chi connectivity index (χ2v) is 8.87. The van der Waals surface area contributed by atoms with Gasteiger partial charge in [0.2, 0.25) is 0 Å². The summed E-state index contributed by atoms with van der Waals surface area (Å²) >= 11 is 4.44. The molecule has 1 aromatic heterocycles. The second-order valence-electron chi connectivity index (χ2n) is 5.31. The van der Waals surface area contributed by atoms with Crippen LogP contribution in [0.4, 0.5) is 5.69 Å². The molecular formula is C16H15BrN2O3S2. The number of hydrogen-bond acceptors (Lipinski definition) is 4. The molecule has 1 N–H and O–H groups in total. The first kappa shape index (κ1) is 17.2. The number of aromatic nitrogens is 1. The van der Waals surface area contributed by atoms with E-state index in [1.165, 1.54) is 0 Å². The second kappa shape index (κ2) is 6.34. The molecule has 5 nitrogen and oxygen atoms in total. The van der Waals surface area contributed by atoms with E-state index in [1.807, 2.05) is 6.92 Å². The number of sulfonamides is 1. The Morgan fingerprint density at radius 3 is 2.62 bits per heavy atom. The van der Waals surface area contributed by atoms with Crippen molar-refractivity contribution in [1.29, 1.82) is 0 Å². The Morgan fingerprint density at radius 1 is 1.21 bits per heavy atom. The lowest BCUT2D eigenvalue weighted by molar-refractivity contribution is 0.600. The van der Waals surface area contributed by atoms with Gasteiger partial charge in [-0.2, -0.15) is 0 Å². The normalized spacial score (nSPS) is 11.8. The summed E-state index contributed by atoms with van der Waals surface area (Å²) in [5.41, 5.74) is 1.91. The van der Waals surface area contributed by atoms with Crippen LogP contribution in [0.2, 0.25) is 0 Å². The lowest BCUT2D eigenvalue weighted by Gasteiger charge is -2.11. The van der Waals surface area contributed by atoms with E-state index in [1.54, 1.807) is 47.9 Å². The van der Waals surface area contributed by atoms with Crippen molar-refractivity contribution in [2.75, 3.05) is 4.72 Å². The maximum atomic E-state index is 12.6. The van der Waals surface area contributed by atoms with Gasteiger partial charge in [-0.1, -0.05) is 27.3 Å². The van der Waals surface area contributed by atoms with Crippen molar-refractivity contribution in [3.8, 4) is 0 Å². The van der Waals surface area contributed by atoms with Crippen LogP contribution >= 0.6 is 27.3 Å². The highest BCUT2D eigenvalue weighted by Gasteiger charge is 2.17. The van der Waals surface area contributed by atoms with Crippen LogP contribution < -0.4 is 9.60 Å². The lowest BCUT2D eigenvalue weighted by Crippen LogP contribution is -2.14. The number of anilines is 1. The van der Waals surface area contributed by atoms with Crippen LogP contribution in [0, 0.1) is 6.92 Å². The van der Waals surface area contributed by atoms with Crippen molar-refractivity contribution < 1.29 is 8.42 Å². The molecule has 0 spiro atoms. The van der Waals surface area contributed by atoms with Crippen molar-refractivity contribution in [2.45, 2.75) is 25.3 Å². The minimum Gasteiger partial charge on any atom is -0.299 e. The molecule has 126 valence electrons. The van der Waals surface area contributed by atoms with E-state index in [0.29, 0.717) is 17.8 Å². The fraction of sp³-hybridized carbons (Fsp3) is 0.188. The first-order valence-corrected chi connectivity index (χ1v) is 10.3. The molecule has 0 bridgehead atoms. The third-order valence-corrected chi connectivity index (χ3v) is 6.64. The van der Waals surface area contributed by atoms with Gasteiger partial charge in [-0.15, -0.1) is 0 Å². The van der Waals surface area contributed by atoms with E-state index in [2.05, 4.69) is 20.7 Å². The molecular weight excluding hydrogens is 412 g/mol. The van der Waals surface area contributed by atoms with Crippen LogP contribution in [-0.4, -0.2) is 13.0 Å². The predicted molar refractivity (Wildman–Crippen MR) is 101 cm³/mol. The summed E-state index contributed by atoms with van der Waals surface area (Å²) in [4.78, 5) is 12.1. The van der Waals surface area contributed by atoms with Crippen molar-refractivity contribution in [2.24, 2.45) is 0 Å². The lowest BCUT2D eigenvalue weighted by atomic mass is 10.2. The maximum absolute atomic E-state index is 12.6. The maximum Gasteiger partial charge on any atom is 0.308 e. The molecule has 0 amide bonds. The molecule has 0 atom stereocenters. The van der Waals surface area contributed by atoms with E-state index in [9.17, 15) is 13.2 Å². The molecule has 0 aliphatic carbocycles. The highest BCUT2D eigenvalue weighted by atomic mass is 79.9. The molecule has 0 saturated heterocycles. The Bertz CT molecular complexity index is 1080. The third-order valence-electron chi connectivity index (χ3n) is 3.66. The summed E-state index contributed by atoms with van der Waals surface area (Å²) in [6, 6.07) is 10.1. The Hall–Kier alpha value is -1.64. The molecule has 3 aromatic rings. The van der Waals surface area contributed by atoms with Gasteiger partial charge in [0.15, 0.2) is 0 Å². The van der Waals surface area contributed by atoms with Crippen LogP contribution in [0.1, 0.15) is 12.5 Å². The van der Waals surface area contributed by atoms with Crippen LogP contribution in [0.3, 0.4) is 0 Å². The summed E-state index contributed by atoms with van der Waals surface area (Å²) < 4.78 is 31.1. The zero-order valence-electron chi connectivity index (χ0n) is 13.0. The molecule has 0 fully saturated rings. The topological polar surface area (TPSA) is 68.2 Å². The number of hydrogen-bond donors (Lipinski definition) is 1. The fourth-order valence-corrected chi connectivity index (χ4v) is 5.30. The van der Waals surface area contributed by atoms with Crippen molar-refractivity contribution in [1.82, 2.24) is 4.57 Å². The Kier molecular flexibility index (Phi) is 4.54. The Balaban J connectivity index is 2.01. The molecule has 24 heavy (non-hydrogen) atoms. The SMILES string of the molecule is CCn1c(=O)sc2cc(NS(=O)(=O)c3ccc(Br)cc3C)ccc21. The minimum atomic E-state index is -3.69. The van der Waals surface area contributed by atoms with Crippen LogP contribution in [0.25, 0.3) is 10.2 Å². The first-order chi connectivity index (χ1) is 11.3. The number of nitrogens with zero attached hydrogens (tertiary/aromatic N) is 1. The van der Waals surface area contributed by atoms with Crippen LogP contribution in [0.15, 0.2) is 50.6 Å². The number of benzene rings is 2. The largest absolute Gasteiger partial charge is 0.308 e. The van der Waals surface area contributed by atoms with Crippen LogP contribution in [-0.2, 0) is 16.6 Å². The van der Waals surface area contributed by atoms with Gasteiger partial charge in [0, 0.05) is 11.0 Å². The molecule has 0 saturated carbocycles.